The second kappa shape index (κ2) is 7.29. The molecule has 0 spiro atoms. The zero-order valence-corrected chi connectivity index (χ0v) is 16.7. The number of aryl methyl sites for hydroxylation is 3. The number of carbonyl (C=O) groups excluding carboxylic acids is 1. The van der Waals surface area contributed by atoms with E-state index in [9.17, 15) is 4.79 Å². The van der Waals surface area contributed by atoms with Gasteiger partial charge in [0.05, 0.1) is 16.9 Å². The van der Waals surface area contributed by atoms with E-state index in [1.54, 1.807) is 35.6 Å². The highest BCUT2D eigenvalue weighted by Crippen LogP contribution is 2.41. The highest BCUT2D eigenvalue weighted by molar-refractivity contribution is 8.00. The Morgan fingerprint density at radius 1 is 1.30 bits per heavy atom. The standard InChI is InChI=1S/C20H18N4OS2/c1-11(18(25)24-14-8-6-13(10-21)7-9-14)26-19-17-15-4-3-5-16(15)27-20(17)23-12(2)22-19/h6-9,11H,3-5H2,1-2H3,(H,24,25)/t11-/m0/s1. The highest BCUT2D eigenvalue weighted by Gasteiger charge is 2.24. The average molecular weight is 395 g/mol. The molecule has 4 rings (SSSR count). The van der Waals surface area contributed by atoms with Gasteiger partial charge in [0.25, 0.3) is 0 Å². The normalized spacial score (nSPS) is 14.0. The Kier molecular flexibility index (Phi) is 4.85. The Bertz CT molecular complexity index is 1070. The fourth-order valence-electron chi connectivity index (χ4n) is 3.24. The van der Waals surface area contributed by atoms with Crippen LogP contribution in [0.2, 0.25) is 0 Å². The molecule has 1 aliphatic rings. The lowest BCUT2D eigenvalue weighted by Crippen LogP contribution is -2.22. The van der Waals surface area contributed by atoms with Crippen molar-refractivity contribution in [3.8, 4) is 6.07 Å². The molecule has 0 radical (unpaired) electrons. The van der Waals surface area contributed by atoms with Crippen molar-refractivity contribution in [2.75, 3.05) is 5.32 Å². The summed E-state index contributed by atoms with van der Waals surface area (Å²) in [7, 11) is 0. The fourth-order valence-corrected chi connectivity index (χ4v) is 5.64. The highest BCUT2D eigenvalue weighted by atomic mass is 32.2. The van der Waals surface area contributed by atoms with Gasteiger partial charge in [0.15, 0.2) is 0 Å². The quantitative estimate of drug-likeness (QED) is 0.521. The van der Waals surface area contributed by atoms with Gasteiger partial charge in [-0.3, -0.25) is 4.79 Å². The molecule has 27 heavy (non-hydrogen) atoms. The summed E-state index contributed by atoms with van der Waals surface area (Å²) < 4.78 is 0. The van der Waals surface area contributed by atoms with Gasteiger partial charge in [-0.2, -0.15) is 5.26 Å². The van der Waals surface area contributed by atoms with E-state index >= 15 is 0 Å². The summed E-state index contributed by atoms with van der Waals surface area (Å²) in [5, 5.41) is 13.5. The van der Waals surface area contributed by atoms with Crippen LogP contribution in [-0.4, -0.2) is 21.1 Å². The third-order valence-corrected chi connectivity index (χ3v) is 6.85. The number of anilines is 1. The molecule has 0 saturated carbocycles. The van der Waals surface area contributed by atoms with Crippen LogP contribution in [0.4, 0.5) is 5.69 Å². The molecule has 0 saturated heterocycles. The van der Waals surface area contributed by atoms with Gasteiger partial charge in [0.2, 0.25) is 5.91 Å². The topological polar surface area (TPSA) is 78.7 Å². The van der Waals surface area contributed by atoms with Crippen molar-refractivity contribution in [2.45, 2.75) is 43.4 Å². The van der Waals surface area contributed by atoms with E-state index < -0.39 is 0 Å². The van der Waals surface area contributed by atoms with Crippen LogP contribution in [-0.2, 0) is 17.6 Å². The fraction of sp³-hybridized carbons (Fsp3) is 0.300. The molecule has 2 aromatic heterocycles. The molecule has 1 N–H and O–H groups in total. The zero-order valence-electron chi connectivity index (χ0n) is 15.1. The van der Waals surface area contributed by atoms with Gasteiger partial charge in [-0.1, -0.05) is 11.8 Å². The summed E-state index contributed by atoms with van der Waals surface area (Å²) in [6.07, 6.45) is 3.37. The van der Waals surface area contributed by atoms with Gasteiger partial charge in [-0.05, 0) is 62.9 Å². The number of nitrogens with one attached hydrogen (secondary N) is 1. The van der Waals surface area contributed by atoms with Gasteiger partial charge < -0.3 is 5.32 Å². The van der Waals surface area contributed by atoms with E-state index in [1.807, 2.05) is 13.8 Å². The molecular weight excluding hydrogens is 376 g/mol. The number of benzene rings is 1. The SMILES string of the molecule is Cc1nc(S[C@@H](C)C(=O)Nc2ccc(C#N)cc2)c2c3c(sc2n1)CCC3. The minimum absolute atomic E-state index is 0.0824. The lowest BCUT2D eigenvalue weighted by atomic mass is 10.2. The van der Waals surface area contributed by atoms with Gasteiger partial charge in [0.1, 0.15) is 15.7 Å². The van der Waals surface area contributed by atoms with E-state index in [0.29, 0.717) is 11.3 Å². The number of thiophene rings is 1. The first-order valence-corrected chi connectivity index (χ1v) is 10.5. The number of amides is 1. The number of nitrogens with zero attached hydrogens (tertiary/aromatic N) is 3. The molecule has 0 fully saturated rings. The third-order valence-electron chi connectivity index (χ3n) is 4.58. The maximum absolute atomic E-state index is 12.6. The van der Waals surface area contributed by atoms with Crippen LogP contribution in [0.3, 0.4) is 0 Å². The first kappa shape index (κ1) is 18.0. The van der Waals surface area contributed by atoms with Crippen LogP contribution in [0.15, 0.2) is 29.3 Å². The molecule has 1 amide bonds. The van der Waals surface area contributed by atoms with Gasteiger partial charge in [-0.25, -0.2) is 9.97 Å². The molecular formula is C20H18N4OS2. The molecule has 0 aliphatic heterocycles. The minimum atomic E-state index is -0.296. The van der Waals surface area contributed by atoms with Crippen molar-refractivity contribution < 1.29 is 4.79 Å². The van der Waals surface area contributed by atoms with E-state index in [4.69, 9.17) is 5.26 Å². The van der Waals surface area contributed by atoms with Crippen LogP contribution in [0.25, 0.3) is 10.2 Å². The number of nitriles is 1. The number of hydrogen-bond acceptors (Lipinski definition) is 6. The smallest absolute Gasteiger partial charge is 0.237 e. The van der Waals surface area contributed by atoms with Gasteiger partial charge in [0, 0.05) is 16.0 Å². The van der Waals surface area contributed by atoms with Crippen LogP contribution in [0, 0.1) is 18.3 Å². The van der Waals surface area contributed by atoms with Crippen LogP contribution < -0.4 is 5.32 Å². The van der Waals surface area contributed by atoms with E-state index in [1.165, 1.54) is 28.6 Å². The monoisotopic (exact) mass is 394 g/mol. The Labute approximate surface area is 165 Å². The Hall–Kier alpha value is -2.43. The zero-order chi connectivity index (χ0) is 19.0. The number of rotatable bonds is 4. The van der Waals surface area contributed by atoms with Gasteiger partial charge in [-0.15, -0.1) is 11.3 Å². The second-order valence-corrected chi connectivity index (χ2v) is 8.97. The van der Waals surface area contributed by atoms with Crippen molar-refractivity contribution >= 4 is 44.9 Å². The summed E-state index contributed by atoms with van der Waals surface area (Å²) in [5.41, 5.74) is 2.63. The predicted molar refractivity (Wildman–Crippen MR) is 109 cm³/mol. The van der Waals surface area contributed by atoms with Crippen molar-refractivity contribution in [3.63, 3.8) is 0 Å². The molecule has 7 heteroatoms. The molecule has 1 aromatic carbocycles. The predicted octanol–water partition coefficient (Wildman–Crippen LogP) is 4.48. The molecule has 1 atom stereocenters. The van der Waals surface area contributed by atoms with Crippen molar-refractivity contribution in [2.24, 2.45) is 0 Å². The minimum Gasteiger partial charge on any atom is -0.325 e. The molecule has 0 bridgehead atoms. The molecule has 0 unspecified atom stereocenters. The number of carbonyl (C=O) groups is 1. The number of fused-ring (bicyclic) bond motifs is 3. The van der Waals surface area contributed by atoms with E-state index in [0.717, 1.165) is 33.9 Å². The average Bonchev–Trinajstić information content (AvgIpc) is 3.22. The first-order valence-electron chi connectivity index (χ1n) is 8.81. The molecule has 136 valence electrons. The van der Waals surface area contributed by atoms with Gasteiger partial charge >= 0.3 is 0 Å². The molecule has 3 aromatic rings. The maximum atomic E-state index is 12.6. The molecule has 1 aliphatic carbocycles. The summed E-state index contributed by atoms with van der Waals surface area (Å²) in [6.45, 7) is 3.79. The summed E-state index contributed by atoms with van der Waals surface area (Å²) in [6, 6.07) is 8.95. The van der Waals surface area contributed by atoms with Crippen molar-refractivity contribution in [3.05, 3.63) is 46.1 Å². The number of thioether (sulfide) groups is 1. The lowest BCUT2D eigenvalue weighted by molar-refractivity contribution is -0.115. The molecule has 5 nitrogen and oxygen atoms in total. The Balaban J connectivity index is 1.56. The maximum Gasteiger partial charge on any atom is 0.237 e. The Morgan fingerprint density at radius 3 is 2.81 bits per heavy atom. The van der Waals surface area contributed by atoms with Crippen LogP contribution >= 0.6 is 23.1 Å². The van der Waals surface area contributed by atoms with Crippen molar-refractivity contribution in [1.82, 2.24) is 9.97 Å². The summed E-state index contributed by atoms with van der Waals surface area (Å²) in [4.78, 5) is 24.3. The second-order valence-electron chi connectivity index (χ2n) is 6.55. The van der Waals surface area contributed by atoms with Crippen LogP contribution in [0.1, 0.15) is 35.2 Å². The largest absolute Gasteiger partial charge is 0.325 e. The first-order chi connectivity index (χ1) is 13.0. The summed E-state index contributed by atoms with van der Waals surface area (Å²) >= 11 is 3.25. The Morgan fingerprint density at radius 2 is 2.07 bits per heavy atom. The lowest BCUT2D eigenvalue weighted by Gasteiger charge is -2.13. The van der Waals surface area contributed by atoms with E-state index in [-0.39, 0.29) is 11.2 Å². The van der Waals surface area contributed by atoms with E-state index in [2.05, 4.69) is 21.4 Å². The van der Waals surface area contributed by atoms with Crippen LogP contribution in [0.5, 0.6) is 0 Å². The number of hydrogen-bond donors (Lipinski definition) is 1. The third kappa shape index (κ3) is 3.55. The summed E-state index contributed by atoms with van der Waals surface area (Å²) in [5.74, 6) is 0.658. The number of aromatic nitrogens is 2. The van der Waals surface area contributed by atoms with Crippen molar-refractivity contribution in [1.29, 1.82) is 5.26 Å². The molecule has 2 heterocycles.